The number of fused-ring (bicyclic) bond motifs is 1. The van der Waals surface area contributed by atoms with Gasteiger partial charge in [0.15, 0.2) is 0 Å². The average Bonchev–Trinajstić information content (AvgIpc) is 2.67. The van der Waals surface area contributed by atoms with Crippen molar-refractivity contribution in [1.82, 2.24) is 0 Å². The summed E-state index contributed by atoms with van der Waals surface area (Å²) < 4.78 is 20.0. The summed E-state index contributed by atoms with van der Waals surface area (Å²) in [6.07, 6.45) is 1.94. The molecule has 110 valence electrons. The van der Waals surface area contributed by atoms with Crippen LogP contribution in [-0.4, -0.2) is 6.61 Å². The van der Waals surface area contributed by atoms with Gasteiger partial charge in [0.1, 0.15) is 11.6 Å². The second kappa shape index (κ2) is 6.06. The van der Waals surface area contributed by atoms with E-state index in [1.807, 2.05) is 12.1 Å². The molecule has 1 atom stereocenters. The van der Waals surface area contributed by atoms with Crippen LogP contribution in [0.25, 0.3) is 0 Å². The maximum atomic E-state index is 13.7. The van der Waals surface area contributed by atoms with Crippen LogP contribution in [0.1, 0.15) is 30.0 Å². The number of halogens is 2. The standard InChI is InChI=1S/C17H17BrFNO/c1-11-4-2-5-13-16(6-3-9-21-17(11)13)20-12-7-8-14(18)15(19)10-12/h2,4-5,7-8,10,16,20H,3,6,9H2,1H3. The van der Waals surface area contributed by atoms with Gasteiger partial charge in [0.25, 0.3) is 0 Å². The summed E-state index contributed by atoms with van der Waals surface area (Å²) in [5.41, 5.74) is 3.08. The van der Waals surface area contributed by atoms with Crippen molar-refractivity contribution < 1.29 is 9.13 Å². The van der Waals surface area contributed by atoms with Crippen molar-refractivity contribution in [1.29, 1.82) is 0 Å². The Labute approximate surface area is 132 Å². The number of hydrogen-bond donors (Lipinski definition) is 1. The van der Waals surface area contributed by atoms with E-state index >= 15 is 0 Å². The Bertz CT molecular complexity index is 659. The lowest BCUT2D eigenvalue weighted by atomic mass is 9.99. The van der Waals surface area contributed by atoms with Crippen molar-refractivity contribution in [2.45, 2.75) is 25.8 Å². The Morgan fingerprint density at radius 1 is 1.29 bits per heavy atom. The molecule has 0 spiro atoms. The number of hydrogen-bond acceptors (Lipinski definition) is 2. The minimum Gasteiger partial charge on any atom is -0.493 e. The van der Waals surface area contributed by atoms with Gasteiger partial charge in [0.05, 0.1) is 17.1 Å². The van der Waals surface area contributed by atoms with E-state index < -0.39 is 0 Å². The van der Waals surface area contributed by atoms with Crippen LogP contribution in [-0.2, 0) is 0 Å². The van der Waals surface area contributed by atoms with E-state index in [4.69, 9.17) is 4.74 Å². The van der Waals surface area contributed by atoms with Crippen molar-refractivity contribution in [3.8, 4) is 5.75 Å². The number of ether oxygens (including phenoxy) is 1. The first kappa shape index (κ1) is 14.4. The van der Waals surface area contributed by atoms with Crippen molar-refractivity contribution >= 4 is 21.6 Å². The van der Waals surface area contributed by atoms with E-state index in [0.29, 0.717) is 4.47 Å². The van der Waals surface area contributed by atoms with Gasteiger partial charge in [0.2, 0.25) is 0 Å². The molecule has 21 heavy (non-hydrogen) atoms. The Morgan fingerprint density at radius 2 is 2.14 bits per heavy atom. The summed E-state index contributed by atoms with van der Waals surface area (Å²) in [6.45, 7) is 2.78. The van der Waals surface area contributed by atoms with Gasteiger partial charge in [-0.2, -0.15) is 0 Å². The first-order chi connectivity index (χ1) is 10.1. The summed E-state index contributed by atoms with van der Waals surface area (Å²) in [4.78, 5) is 0. The molecule has 0 bridgehead atoms. The number of rotatable bonds is 2. The molecule has 0 aromatic heterocycles. The Kier molecular flexibility index (Phi) is 4.15. The van der Waals surface area contributed by atoms with E-state index in [0.717, 1.165) is 42.0 Å². The number of anilines is 1. The molecule has 0 fully saturated rings. The summed E-state index contributed by atoms with van der Waals surface area (Å²) in [5.74, 6) is 0.708. The highest BCUT2D eigenvalue weighted by molar-refractivity contribution is 9.10. The van der Waals surface area contributed by atoms with Crippen LogP contribution in [0.4, 0.5) is 10.1 Å². The van der Waals surface area contributed by atoms with Crippen molar-refractivity contribution in [3.63, 3.8) is 0 Å². The highest BCUT2D eigenvalue weighted by atomic mass is 79.9. The predicted octanol–water partition coefficient (Wildman–Crippen LogP) is 5.22. The van der Waals surface area contributed by atoms with Crippen LogP contribution in [0.5, 0.6) is 5.75 Å². The van der Waals surface area contributed by atoms with Crippen LogP contribution >= 0.6 is 15.9 Å². The summed E-state index contributed by atoms with van der Waals surface area (Å²) in [7, 11) is 0. The first-order valence-corrected chi connectivity index (χ1v) is 7.88. The molecule has 0 aliphatic carbocycles. The van der Waals surface area contributed by atoms with Crippen LogP contribution in [0, 0.1) is 12.7 Å². The van der Waals surface area contributed by atoms with Crippen LogP contribution in [0.15, 0.2) is 40.9 Å². The van der Waals surface area contributed by atoms with Gasteiger partial charge in [-0.25, -0.2) is 4.39 Å². The fraction of sp³-hybridized carbons (Fsp3) is 0.294. The fourth-order valence-corrected chi connectivity index (χ4v) is 2.95. The third kappa shape index (κ3) is 3.05. The third-order valence-corrected chi connectivity index (χ3v) is 4.40. The molecule has 3 rings (SSSR count). The van der Waals surface area contributed by atoms with Crippen molar-refractivity contribution in [2.24, 2.45) is 0 Å². The SMILES string of the molecule is Cc1cccc2c1OCCCC2Nc1ccc(Br)c(F)c1. The molecule has 1 aliphatic rings. The third-order valence-electron chi connectivity index (χ3n) is 3.76. The second-order valence-electron chi connectivity index (χ2n) is 5.31. The largest absolute Gasteiger partial charge is 0.493 e. The van der Waals surface area contributed by atoms with E-state index in [1.165, 1.54) is 6.07 Å². The molecule has 1 aliphatic heterocycles. The van der Waals surface area contributed by atoms with E-state index in [2.05, 4.69) is 40.3 Å². The molecule has 2 nitrogen and oxygen atoms in total. The Balaban J connectivity index is 1.92. The van der Waals surface area contributed by atoms with Crippen LogP contribution < -0.4 is 10.1 Å². The summed E-state index contributed by atoms with van der Waals surface area (Å²) >= 11 is 3.18. The highest BCUT2D eigenvalue weighted by Crippen LogP contribution is 2.36. The van der Waals surface area contributed by atoms with E-state index in [9.17, 15) is 4.39 Å². The lowest BCUT2D eigenvalue weighted by molar-refractivity contribution is 0.314. The molecule has 0 radical (unpaired) electrons. The zero-order valence-corrected chi connectivity index (χ0v) is 13.4. The van der Waals surface area contributed by atoms with Gasteiger partial charge in [0, 0.05) is 11.3 Å². The Hall–Kier alpha value is -1.55. The lowest BCUT2D eigenvalue weighted by Gasteiger charge is -2.20. The zero-order chi connectivity index (χ0) is 14.8. The van der Waals surface area contributed by atoms with Gasteiger partial charge >= 0.3 is 0 Å². The van der Waals surface area contributed by atoms with Gasteiger partial charge in [-0.05, 0) is 59.5 Å². The minimum absolute atomic E-state index is 0.142. The van der Waals surface area contributed by atoms with E-state index in [1.54, 1.807) is 6.07 Å². The lowest BCUT2D eigenvalue weighted by Crippen LogP contribution is -2.10. The summed E-state index contributed by atoms with van der Waals surface area (Å²) in [5, 5.41) is 3.43. The zero-order valence-electron chi connectivity index (χ0n) is 11.8. The van der Waals surface area contributed by atoms with E-state index in [-0.39, 0.29) is 11.9 Å². The number of para-hydroxylation sites is 1. The number of nitrogens with one attached hydrogen (secondary N) is 1. The molecule has 2 aromatic rings. The second-order valence-corrected chi connectivity index (χ2v) is 6.16. The van der Waals surface area contributed by atoms with Gasteiger partial charge < -0.3 is 10.1 Å². The number of benzene rings is 2. The van der Waals surface area contributed by atoms with Gasteiger partial charge in [-0.1, -0.05) is 18.2 Å². The average molecular weight is 350 g/mol. The molecule has 1 unspecified atom stereocenters. The molecule has 2 aromatic carbocycles. The Morgan fingerprint density at radius 3 is 2.95 bits per heavy atom. The first-order valence-electron chi connectivity index (χ1n) is 7.09. The molecule has 0 amide bonds. The minimum atomic E-state index is -0.255. The molecule has 0 saturated heterocycles. The molecule has 0 saturated carbocycles. The normalized spacial score (nSPS) is 17.6. The van der Waals surface area contributed by atoms with Crippen molar-refractivity contribution in [2.75, 3.05) is 11.9 Å². The topological polar surface area (TPSA) is 21.3 Å². The maximum Gasteiger partial charge on any atom is 0.139 e. The molecule has 1 heterocycles. The van der Waals surface area contributed by atoms with Gasteiger partial charge in [-0.15, -0.1) is 0 Å². The monoisotopic (exact) mass is 349 g/mol. The fourth-order valence-electron chi connectivity index (χ4n) is 2.70. The molecular formula is C17H17BrFNO. The smallest absolute Gasteiger partial charge is 0.139 e. The van der Waals surface area contributed by atoms with Gasteiger partial charge in [-0.3, -0.25) is 0 Å². The van der Waals surface area contributed by atoms with Crippen LogP contribution in [0.3, 0.4) is 0 Å². The molecule has 4 heteroatoms. The molecular weight excluding hydrogens is 333 g/mol. The maximum absolute atomic E-state index is 13.7. The van der Waals surface area contributed by atoms with Crippen LogP contribution in [0.2, 0.25) is 0 Å². The number of aryl methyl sites for hydroxylation is 1. The predicted molar refractivity (Wildman–Crippen MR) is 86.4 cm³/mol. The van der Waals surface area contributed by atoms with Crippen molar-refractivity contribution in [3.05, 3.63) is 57.8 Å². The quantitative estimate of drug-likeness (QED) is 0.802. The molecule has 1 N–H and O–H groups in total. The highest BCUT2D eigenvalue weighted by Gasteiger charge is 2.21. The summed E-state index contributed by atoms with van der Waals surface area (Å²) in [6, 6.07) is 11.4.